The summed E-state index contributed by atoms with van der Waals surface area (Å²) in [6.45, 7) is 6.45. The van der Waals surface area contributed by atoms with Gasteiger partial charge in [-0.25, -0.2) is 4.98 Å². The first-order chi connectivity index (χ1) is 18.4. The summed E-state index contributed by atoms with van der Waals surface area (Å²) in [6.07, 6.45) is 1.57. The van der Waals surface area contributed by atoms with Crippen LogP contribution >= 0.6 is 0 Å². The molecule has 38 heavy (non-hydrogen) atoms. The van der Waals surface area contributed by atoms with Crippen LogP contribution in [0.15, 0.2) is 85.1 Å². The van der Waals surface area contributed by atoms with E-state index in [9.17, 15) is 4.79 Å². The molecule has 8 heteroatoms. The molecule has 2 heterocycles. The first-order valence-corrected chi connectivity index (χ1v) is 12.8. The molecule has 0 fully saturated rings. The summed E-state index contributed by atoms with van der Waals surface area (Å²) in [5.74, 6) is 2.04. The number of carbonyl (C=O) groups excluding carboxylic acids is 1. The van der Waals surface area contributed by atoms with Crippen LogP contribution in [-0.2, 0) is 7.05 Å². The average Bonchev–Trinajstić information content (AvgIpc) is 3.23. The number of hydrogen-bond donors (Lipinski definition) is 2. The summed E-state index contributed by atoms with van der Waals surface area (Å²) >= 11 is 0. The van der Waals surface area contributed by atoms with Gasteiger partial charge in [-0.3, -0.25) is 9.78 Å². The molecule has 0 saturated carbocycles. The molecule has 2 aromatic heterocycles. The van der Waals surface area contributed by atoms with Gasteiger partial charge in [-0.1, -0.05) is 50.4 Å². The number of pyridine rings is 1. The standard InChI is InChI=1S/C30H30BN5O2/c1-19(2)20-6-5-7-23(16-20)34-30-35-26-17-24(12-13-28(26)36(30)4)38-25-14-15-32-27(18-25)29(37)33-22-10-8-21(31-3)9-11-22/h5-19,31H,1-4H3,(H,33,37)(H,34,35). The molecule has 0 aliphatic carbocycles. The number of imidazole rings is 1. The second-order valence-electron chi connectivity index (χ2n) is 9.53. The summed E-state index contributed by atoms with van der Waals surface area (Å²) in [5.41, 5.74) is 6.25. The lowest BCUT2D eigenvalue weighted by Gasteiger charge is -2.10. The van der Waals surface area contributed by atoms with Crippen LogP contribution in [0.5, 0.6) is 11.5 Å². The Labute approximate surface area is 223 Å². The van der Waals surface area contributed by atoms with Gasteiger partial charge in [-0.15, -0.1) is 0 Å². The fraction of sp³-hybridized carbons (Fsp3) is 0.167. The van der Waals surface area contributed by atoms with Gasteiger partial charge in [0.15, 0.2) is 7.28 Å². The van der Waals surface area contributed by atoms with Crippen LogP contribution in [0, 0.1) is 0 Å². The molecule has 0 aliphatic heterocycles. The Balaban J connectivity index is 1.32. The Bertz CT molecular complexity index is 1590. The van der Waals surface area contributed by atoms with Gasteiger partial charge in [-0.2, -0.15) is 0 Å². The Hall–Kier alpha value is -4.59. The van der Waals surface area contributed by atoms with Gasteiger partial charge in [-0.05, 0) is 53.9 Å². The van der Waals surface area contributed by atoms with Crippen LogP contribution in [0.4, 0.5) is 17.3 Å². The minimum Gasteiger partial charge on any atom is -0.457 e. The minimum absolute atomic E-state index is 0.274. The highest BCUT2D eigenvalue weighted by atomic mass is 16.5. The molecule has 5 rings (SSSR count). The van der Waals surface area contributed by atoms with E-state index in [1.165, 1.54) is 11.0 Å². The molecular formula is C30H30BN5O2. The topological polar surface area (TPSA) is 81.1 Å². The second kappa shape index (κ2) is 10.8. The van der Waals surface area contributed by atoms with Crippen molar-refractivity contribution >= 4 is 47.0 Å². The van der Waals surface area contributed by atoms with Crippen LogP contribution in [0.1, 0.15) is 35.8 Å². The van der Waals surface area contributed by atoms with Gasteiger partial charge in [0, 0.05) is 36.8 Å². The lowest BCUT2D eigenvalue weighted by molar-refractivity contribution is 0.102. The fourth-order valence-corrected chi connectivity index (χ4v) is 4.21. The molecule has 0 bridgehead atoms. The van der Waals surface area contributed by atoms with Crippen molar-refractivity contribution < 1.29 is 9.53 Å². The number of aromatic nitrogens is 3. The van der Waals surface area contributed by atoms with Gasteiger partial charge >= 0.3 is 0 Å². The number of fused-ring (bicyclic) bond motifs is 1. The molecule has 0 spiro atoms. The van der Waals surface area contributed by atoms with Gasteiger partial charge in [0.05, 0.1) is 11.0 Å². The van der Waals surface area contributed by atoms with E-state index in [0.717, 1.165) is 35.6 Å². The quantitative estimate of drug-likeness (QED) is 0.254. The van der Waals surface area contributed by atoms with Crippen molar-refractivity contribution in [1.29, 1.82) is 0 Å². The summed E-state index contributed by atoms with van der Waals surface area (Å²) in [4.78, 5) is 21.7. The van der Waals surface area contributed by atoms with Crippen molar-refractivity contribution in [2.75, 3.05) is 10.6 Å². The number of ether oxygens (including phenoxy) is 1. The van der Waals surface area contributed by atoms with E-state index in [2.05, 4.69) is 54.5 Å². The number of nitrogens with zero attached hydrogens (tertiary/aromatic N) is 3. The lowest BCUT2D eigenvalue weighted by Crippen LogP contribution is -2.15. The molecule has 0 aliphatic rings. The van der Waals surface area contributed by atoms with Crippen LogP contribution in [-0.4, -0.2) is 27.7 Å². The van der Waals surface area contributed by atoms with Crippen LogP contribution < -0.4 is 20.8 Å². The maximum absolute atomic E-state index is 12.7. The van der Waals surface area contributed by atoms with Gasteiger partial charge in [0.1, 0.15) is 17.2 Å². The van der Waals surface area contributed by atoms with Crippen LogP contribution in [0.3, 0.4) is 0 Å². The number of amides is 1. The predicted octanol–water partition coefficient (Wildman–Crippen LogP) is 5.99. The van der Waals surface area contributed by atoms with Crippen LogP contribution in [0.25, 0.3) is 11.0 Å². The molecule has 0 unspecified atom stereocenters. The van der Waals surface area contributed by atoms with Crippen LogP contribution in [0.2, 0.25) is 6.82 Å². The molecular weight excluding hydrogens is 473 g/mol. The third-order valence-corrected chi connectivity index (χ3v) is 6.48. The molecule has 190 valence electrons. The third kappa shape index (κ3) is 5.54. The molecule has 0 atom stereocenters. The number of anilines is 3. The van der Waals surface area contributed by atoms with Crippen molar-refractivity contribution in [3.05, 3.63) is 96.3 Å². The Morgan fingerprint density at radius 1 is 0.947 bits per heavy atom. The van der Waals surface area contributed by atoms with E-state index in [1.54, 1.807) is 18.3 Å². The normalized spacial score (nSPS) is 11.0. The maximum Gasteiger partial charge on any atom is 0.274 e. The van der Waals surface area contributed by atoms with Gasteiger partial charge in [0.2, 0.25) is 5.95 Å². The number of benzene rings is 3. The zero-order chi connectivity index (χ0) is 26.6. The summed E-state index contributed by atoms with van der Waals surface area (Å²) in [6, 6.07) is 25.3. The molecule has 2 N–H and O–H groups in total. The van der Waals surface area contributed by atoms with Crippen molar-refractivity contribution in [3.8, 4) is 11.5 Å². The Kier molecular flexibility index (Phi) is 7.13. The number of hydrogen-bond acceptors (Lipinski definition) is 5. The minimum atomic E-state index is -0.294. The smallest absolute Gasteiger partial charge is 0.274 e. The number of aryl methyl sites for hydroxylation is 1. The highest BCUT2D eigenvalue weighted by Gasteiger charge is 2.12. The Morgan fingerprint density at radius 2 is 1.74 bits per heavy atom. The van der Waals surface area contributed by atoms with Gasteiger partial charge < -0.3 is 19.9 Å². The summed E-state index contributed by atoms with van der Waals surface area (Å²) in [7, 11) is 2.93. The number of nitrogens with one attached hydrogen (secondary N) is 2. The summed E-state index contributed by atoms with van der Waals surface area (Å²) < 4.78 is 8.09. The van der Waals surface area contributed by atoms with E-state index in [-0.39, 0.29) is 11.6 Å². The molecule has 0 radical (unpaired) electrons. The number of carbonyl (C=O) groups is 1. The highest BCUT2D eigenvalue weighted by molar-refractivity contribution is 6.51. The highest BCUT2D eigenvalue weighted by Crippen LogP contribution is 2.29. The average molecular weight is 503 g/mol. The summed E-state index contributed by atoms with van der Waals surface area (Å²) in [5, 5.41) is 6.32. The molecule has 5 aromatic rings. The van der Waals surface area contributed by atoms with Crippen molar-refractivity contribution in [3.63, 3.8) is 0 Å². The van der Waals surface area contributed by atoms with Crippen molar-refractivity contribution in [1.82, 2.24) is 14.5 Å². The zero-order valence-electron chi connectivity index (χ0n) is 22.0. The second-order valence-corrected chi connectivity index (χ2v) is 9.53. The third-order valence-electron chi connectivity index (χ3n) is 6.48. The molecule has 0 saturated heterocycles. The molecule has 1 amide bonds. The largest absolute Gasteiger partial charge is 0.457 e. The monoisotopic (exact) mass is 503 g/mol. The molecule has 3 aromatic carbocycles. The van der Waals surface area contributed by atoms with E-state index in [4.69, 9.17) is 9.72 Å². The molecule has 7 nitrogen and oxygen atoms in total. The predicted molar refractivity (Wildman–Crippen MR) is 156 cm³/mol. The van der Waals surface area contributed by atoms with E-state index in [1.807, 2.05) is 60.1 Å². The zero-order valence-corrected chi connectivity index (χ0v) is 22.0. The Morgan fingerprint density at radius 3 is 2.50 bits per heavy atom. The fourth-order valence-electron chi connectivity index (χ4n) is 4.21. The maximum atomic E-state index is 12.7. The van der Waals surface area contributed by atoms with Crippen molar-refractivity contribution in [2.45, 2.75) is 26.6 Å². The number of rotatable bonds is 8. The van der Waals surface area contributed by atoms with Gasteiger partial charge in [0.25, 0.3) is 5.91 Å². The lowest BCUT2D eigenvalue weighted by atomic mass is 9.73. The first kappa shape index (κ1) is 25.1. The van der Waals surface area contributed by atoms with E-state index < -0.39 is 0 Å². The van der Waals surface area contributed by atoms with Crippen molar-refractivity contribution in [2.24, 2.45) is 7.05 Å². The van der Waals surface area contributed by atoms with E-state index >= 15 is 0 Å². The first-order valence-electron chi connectivity index (χ1n) is 12.8. The van der Waals surface area contributed by atoms with E-state index in [0.29, 0.717) is 17.4 Å². The SMILES string of the molecule is CBc1ccc(NC(=O)c2cc(Oc3ccc4c(c3)nc(Nc3cccc(C(C)C)c3)n4C)ccn2)cc1.